The second kappa shape index (κ2) is 11.8. The molecule has 0 aromatic heterocycles. The van der Waals surface area contributed by atoms with Crippen LogP contribution in [0, 0.1) is 0 Å². The summed E-state index contributed by atoms with van der Waals surface area (Å²) in [4.78, 5) is 14.2. The second-order valence-corrected chi connectivity index (χ2v) is 5.48. The van der Waals surface area contributed by atoms with Gasteiger partial charge in [0.2, 0.25) is 5.91 Å². The zero-order chi connectivity index (χ0) is 14.8. The van der Waals surface area contributed by atoms with E-state index in [1.807, 2.05) is 29.2 Å². The standard InChI is InChI=1S/C16H25ClN2O.ClH/c1-2-3-4-12-19(16(20)6-5-11-18)13-14-7-9-15(17)10-8-14;/h7-10H,2-6,11-13,18H2,1H3;1H. The summed E-state index contributed by atoms with van der Waals surface area (Å²) < 4.78 is 0. The molecule has 0 fully saturated rings. The van der Waals surface area contributed by atoms with Crippen LogP contribution in [0.4, 0.5) is 0 Å². The molecule has 0 saturated carbocycles. The Labute approximate surface area is 139 Å². The lowest BCUT2D eigenvalue weighted by Crippen LogP contribution is -2.31. The Morgan fingerprint density at radius 3 is 2.43 bits per heavy atom. The zero-order valence-corrected chi connectivity index (χ0v) is 14.3. The summed E-state index contributed by atoms with van der Waals surface area (Å²) in [5.41, 5.74) is 6.60. The van der Waals surface area contributed by atoms with Crippen LogP contribution in [0.25, 0.3) is 0 Å². The highest BCUT2D eigenvalue weighted by Crippen LogP contribution is 2.13. The molecule has 1 aromatic rings. The van der Waals surface area contributed by atoms with Crippen molar-refractivity contribution in [1.29, 1.82) is 0 Å². The molecule has 1 amide bonds. The summed E-state index contributed by atoms with van der Waals surface area (Å²) in [6.45, 7) is 4.21. The molecule has 0 heterocycles. The first-order valence-corrected chi connectivity index (χ1v) is 7.77. The zero-order valence-electron chi connectivity index (χ0n) is 12.7. The fourth-order valence-corrected chi connectivity index (χ4v) is 2.19. The lowest BCUT2D eigenvalue weighted by molar-refractivity contribution is -0.132. The predicted molar refractivity (Wildman–Crippen MR) is 91.9 cm³/mol. The Morgan fingerprint density at radius 2 is 1.86 bits per heavy atom. The lowest BCUT2D eigenvalue weighted by atomic mass is 10.1. The highest BCUT2D eigenvalue weighted by Gasteiger charge is 2.13. The number of carbonyl (C=O) groups is 1. The third-order valence-electron chi connectivity index (χ3n) is 3.27. The van der Waals surface area contributed by atoms with Crippen LogP contribution in [-0.4, -0.2) is 23.9 Å². The van der Waals surface area contributed by atoms with Crippen LogP contribution in [0.1, 0.15) is 44.6 Å². The number of hydrogen-bond acceptors (Lipinski definition) is 2. The molecule has 0 unspecified atom stereocenters. The lowest BCUT2D eigenvalue weighted by Gasteiger charge is -2.23. The SMILES string of the molecule is CCCCCN(Cc1ccc(Cl)cc1)C(=O)CCCN.Cl. The highest BCUT2D eigenvalue weighted by atomic mass is 35.5. The van der Waals surface area contributed by atoms with Gasteiger partial charge in [-0.15, -0.1) is 12.4 Å². The molecule has 0 spiro atoms. The molecule has 0 aliphatic rings. The molecule has 1 rings (SSSR count). The van der Waals surface area contributed by atoms with Gasteiger partial charge in [0.1, 0.15) is 0 Å². The number of hydrogen-bond donors (Lipinski definition) is 1. The minimum absolute atomic E-state index is 0. The van der Waals surface area contributed by atoms with Gasteiger partial charge >= 0.3 is 0 Å². The van der Waals surface area contributed by atoms with Crippen molar-refractivity contribution >= 4 is 29.9 Å². The summed E-state index contributed by atoms with van der Waals surface area (Å²) >= 11 is 5.89. The summed E-state index contributed by atoms with van der Waals surface area (Å²) in [5, 5.41) is 0.723. The number of amides is 1. The molecule has 0 radical (unpaired) electrons. The number of rotatable bonds is 9. The van der Waals surface area contributed by atoms with Crippen LogP contribution in [0.2, 0.25) is 5.02 Å². The maximum Gasteiger partial charge on any atom is 0.222 e. The van der Waals surface area contributed by atoms with E-state index in [2.05, 4.69) is 6.92 Å². The van der Waals surface area contributed by atoms with Crippen LogP contribution in [0.15, 0.2) is 24.3 Å². The maximum absolute atomic E-state index is 12.2. The van der Waals surface area contributed by atoms with Gasteiger partial charge in [-0.1, -0.05) is 43.5 Å². The maximum atomic E-state index is 12.2. The number of halogens is 2. The van der Waals surface area contributed by atoms with E-state index in [-0.39, 0.29) is 18.3 Å². The van der Waals surface area contributed by atoms with E-state index >= 15 is 0 Å². The van der Waals surface area contributed by atoms with Crippen molar-refractivity contribution in [3.63, 3.8) is 0 Å². The Kier molecular flexibility index (Phi) is 11.4. The Balaban J connectivity index is 0.00000400. The quantitative estimate of drug-likeness (QED) is 0.694. The number of benzene rings is 1. The van der Waals surface area contributed by atoms with E-state index < -0.39 is 0 Å². The van der Waals surface area contributed by atoms with Crippen LogP contribution < -0.4 is 5.73 Å². The Morgan fingerprint density at radius 1 is 1.19 bits per heavy atom. The Hall–Kier alpha value is -0.770. The van der Waals surface area contributed by atoms with Gasteiger partial charge in [0.25, 0.3) is 0 Å². The summed E-state index contributed by atoms with van der Waals surface area (Å²) in [6, 6.07) is 7.69. The summed E-state index contributed by atoms with van der Waals surface area (Å²) in [6.07, 6.45) is 4.66. The molecule has 0 aliphatic carbocycles. The summed E-state index contributed by atoms with van der Waals surface area (Å²) in [7, 11) is 0. The van der Waals surface area contributed by atoms with Crippen LogP contribution in [0.5, 0.6) is 0 Å². The van der Waals surface area contributed by atoms with Gasteiger partial charge in [-0.05, 0) is 37.1 Å². The number of nitrogens with two attached hydrogens (primary N) is 1. The molecule has 2 N–H and O–H groups in total. The number of nitrogens with zero attached hydrogens (tertiary/aromatic N) is 1. The molecule has 1 aromatic carbocycles. The predicted octanol–water partition coefficient (Wildman–Crippen LogP) is 4.02. The molecular formula is C16H26Cl2N2O. The number of carbonyl (C=O) groups excluding carboxylic acids is 1. The molecule has 0 atom stereocenters. The first kappa shape index (κ1) is 20.2. The van der Waals surface area contributed by atoms with Crippen molar-refractivity contribution < 1.29 is 4.79 Å². The molecule has 0 aliphatic heterocycles. The van der Waals surface area contributed by atoms with E-state index in [4.69, 9.17) is 17.3 Å². The van der Waals surface area contributed by atoms with Crippen molar-refractivity contribution in [2.75, 3.05) is 13.1 Å². The molecular weight excluding hydrogens is 307 g/mol. The van der Waals surface area contributed by atoms with E-state index in [1.54, 1.807) is 0 Å². The average molecular weight is 333 g/mol. The van der Waals surface area contributed by atoms with Gasteiger partial charge in [-0.25, -0.2) is 0 Å². The third-order valence-corrected chi connectivity index (χ3v) is 3.52. The van der Waals surface area contributed by atoms with Crippen LogP contribution in [0.3, 0.4) is 0 Å². The topological polar surface area (TPSA) is 46.3 Å². The van der Waals surface area contributed by atoms with Crippen molar-refractivity contribution in [2.45, 2.75) is 45.6 Å². The van der Waals surface area contributed by atoms with E-state index in [1.165, 1.54) is 0 Å². The van der Waals surface area contributed by atoms with Crippen molar-refractivity contribution in [3.05, 3.63) is 34.9 Å². The van der Waals surface area contributed by atoms with Gasteiger partial charge in [-0.2, -0.15) is 0 Å². The number of unbranched alkanes of at least 4 members (excludes halogenated alkanes) is 2. The Bertz CT molecular complexity index is 396. The minimum atomic E-state index is 0. The van der Waals surface area contributed by atoms with Crippen molar-refractivity contribution in [1.82, 2.24) is 4.90 Å². The molecule has 21 heavy (non-hydrogen) atoms. The third kappa shape index (κ3) is 8.30. The molecule has 5 heteroatoms. The second-order valence-electron chi connectivity index (χ2n) is 5.04. The fourth-order valence-electron chi connectivity index (χ4n) is 2.07. The molecule has 3 nitrogen and oxygen atoms in total. The van der Waals surface area contributed by atoms with Gasteiger partial charge < -0.3 is 10.6 Å². The molecule has 120 valence electrons. The van der Waals surface area contributed by atoms with Gasteiger partial charge in [0.05, 0.1) is 0 Å². The van der Waals surface area contributed by atoms with Gasteiger partial charge in [0.15, 0.2) is 0 Å². The normalized spacial score (nSPS) is 10.0. The first-order valence-electron chi connectivity index (χ1n) is 7.39. The average Bonchev–Trinajstić information content (AvgIpc) is 2.46. The summed E-state index contributed by atoms with van der Waals surface area (Å²) in [5.74, 6) is 0.196. The van der Waals surface area contributed by atoms with Gasteiger partial charge in [-0.3, -0.25) is 4.79 Å². The van der Waals surface area contributed by atoms with Crippen LogP contribution in [-0.2, 0) is 11.3 Å². The van der Waals surface area contributed by atoms with E-state index in [0.717, 1.165) is 42.8 Å². The fraction of sp³-hybridized carbons (Fsp3) is 0.562. The van der Waals surface area contributed by atoms with E-state index in [0.29, 0.717) is 19.5 Å². The first-order chi connectivity index (χ1) is 9.67. The van der Waals surface area contributed by atoms with Crippen LogP contribution >= 0.6 is 24.0 Å². The largest absolute Gasteiger partial charge is 0.338 e. The minimum Gasteiger partial charge on any atom is -0.338 e. The smallest absolute Gasteiger partial charge is 0.222 e. The molecule has 0 bridgehead atoms. The van der Waals surface area contributed by atoms with Crippen molar-refractivity contribution in [2.24, 2.45) is 5.73 Å². The van der Waals surface area contributed by atoms with Gasteiger partial charge in [0, 0.05) is 24.5 Å². The monoisotopic (exact) mass is 332 g/mol. The van der Waals surface area contributed by atoms with Crippen molar-refractivity contribution in [3.8, 4) is 0 Å². The van der Waals surface area contributed by atoms with E-state index in [9.17, 15) is 4.79 Å². The highest BCUT2D eigenvalue weighted by molar-refractivity contribution is 6.30. The molecule has 0 saturated heterocycles.